The molecule has 0 aliphatic rings. The fourth-order valence-electron chi connectivity index (χ4n) is 1.14. The third kappa shape index (κ3) is 2.64. The highest BCUT2D eigenvalue weighted by Crippen LogP contribution is 2.09. The second-order valence-electron chi connectivity index (χ2n) is 2.81. The van der Waals surface area contributed by atoms with Crippen LogP contribution in [-0.4, -0.2) is 18.3 Å². The van der Waals surface area contributed by atoms with E-state index in [2.05, 4.69) is 24.4 Å². The third-order valence-corrected chi connectivity index (χ3v) is 1.86. The Hall–Kier alpha value is -0.860. The van der Waals surface area contributed by atoms with Gasteiger partial charge in [-0.3, -0.25) is 0 Å². The Bertz CT molecular complexity index is 210. The largest absolute Gasteiger partial charge is 0.395 e. The van der Waals surface area contributed by atoms with E-state index < -0.39 is 0 Å². The van der Waals surface area contributed by atoms with Crippen LogP contribution in [0.4, 0.5) is 0 Å². The molecule has 1 atom stereocenters. The van der Waals surface area contributed by atoms with E-state index >= 15 is 0 Å². The SMILES string of the molecule is C[C@@H](NCCO)c1ccccc1. The third-order valence-electron chi connectivity index (χ3n) is 1.86. The van der Waals surface area contributed by atoms with Crippen molar-refractivity contribution in [1.29, 1.82) is 0 Å². The Kier molecular flexibility index (Phi) is 3.77. The van der Waals surface area contributed by atoms with Crippen LogP contribution in [0.5, 0.6) is 0 Å². The summed E-state index contributed by atoms with van der Waals surface area (Å²) in [6.07, 6.45) is 0. The van der Waals surface area contributed by atoms with Crippen LogP contribution in [0.15, 0.2) is 30.3 Å². The lowest BCUT2D eigenvalue weighted by Crippen LogP contribution is -2.21. The summed E-state index contributed by atoms with van der Waals surface area (Å²) in [4.78, 5) is 0. The Morgan fingerprint density at radius 3 is 2.58 bits per heavy atom. The maximum atomic E-state index is 8.60. The van der Waals surface area contributed by atoms with Gasteiger partial charge in [-0.15, -0.1) is 0 Å². The van der Waals surface area contributed by atoms with Crippen LogP contribution in [0.1, 0.15) is 18.5 Å². The molecular formula is C10H15NO. The van der Waals surface area contributed by atoms with Crippen LogP contribution >= 0.6 is 0 Å². The zero-order chi connectivity index (χ0) is 8.81. The average Bonchev–Trinajstić information content (AvgIpc) is 2.15. The molecule has 0 fully saturated rings. The van der Waals surface area contributed by atoms with Gasteiger partial charge in [0.2, 0.25) is 0 Å². The zero-order valence-electron chi connectivity index (χ0n) is 7.33. The highest BCUT2D eigenvalue weighted by molar-refractivity contribution is 5.17. The van der Waals surface area contributed by atoms with Gasteiger partial charge in [0.05, 0.1) is 6.61 Å². The summed E-state index contributed by atoms with van der Waals surface area (Å²) in [6.45, 7) is 2.93. The molecule has 2 nitrogen and oxygen atoms in total. The lowest BCUT2D eigenvalue weighted by Gasteiger charge is -2.12. The van der Waals surface area contributed by atoms with Gasteiger partial charge in [-0.1, -0.05) is 30.3 Å². The number of nitrogens with one attached hydrogen (secondary N) is 1. The Balaban J connectivity index is 2.48. The number of aliphatic hydroxyl groups excluding tert-OH is 1. The van der Waals surface area contributed by atoms with Gasteiger partial charge in [-0.05, 0) is 12.5 Å². The van der Waals surface area contributed by atoms with Gasteiger partial charge >= 0.3 is 0 Å². The van der Waals surface area contributed by atoms with Crippen molar-refractivity contribution in [2.24, 2.45) is 0 Å². The summed E-state index contributed by atoms with van der Waals surface area (Å²) in [6, 6.07) is 10.5. The van der Waals surface area contributed by atoms with Gasteiger partial charge in [-0.2, -0.15) is 0 Å². The van der Waals surface area contributed by atoms with E-state index in [0.29, 0.717) is 12.6 Å². The van der Waals surface area contributed by atoms with Gasteiger partial charge in [0.15, 0.2) is 0 Å². The van der Waals surface area contributed by atoms with Crippen LogP contribution in [0.3, 0.4) is 0 Å². The normalized spacial score (nSPS) is 12.8. The predicted molar refractivity (Wildman–Crippen MR) is 49.9 cm³/mol. The van der Waals surface area contributed by atoms with Crippen LogP contribution in [-0.2, 0) is 0 Å². The van der Waals surface area contributed by atoms with Crippen molar-refractivity contribution in [2.75, 3.05) is 13.2 Å². The van der Waals surface area contributed by atoms with E-state index in [9.17, 15) is 0 Å². The van der Waals surface area contributed by atoms with Crippen molar-refractivity contribution in [3.05, 3.63) is 35.9 Å². The minimum absolute atomic E-state index is 0.192. The summed E-state index contributed by atoms with van der Waals surface area (Å²) in [5.74, 6) is 0. The molecule has 0 unspecified atom stereocenters. The number of hydrogen-bond acceptors (Lipinski definition) is 2. The molecular weight excluding hydrogens is 150 g/mol. The number of rotatable bonds is 4. The first-order valence-electron chi connectivity index (χ1n) is 4.24. The molecule has 0 bridgehead atoms. The van der Waals surface area contributed by atoms with Crippen molar-refractivity contribution >= 4 is 0 Å². The summed E-state index contributed by atoms with van der Waals surface area (Å²) in [7, 11) is 0. The monoisotopic (exact) mass is 165 g/mol. The zero-order valence-corrected chi connectivity index (χ0v) is 7.33. The molecule has 0 aromatic heterocycles. The molecule has 0 aliphatic carbocycles. The number of benzene rings is 1. The molecule has 0 heterocycles. The number of aliphatic hydroxyl groups is 1. The second kappa shape index (κ2) is 4.91. The summed E-state index contributed by atoms with van der Waals surface area (Å²) >= 11 is 0. The molecule has 0 saturated heterocycles. The summed E-state index contributed by atoms with van der Waals surface area (Å²) in [5, 5.41) is 11.8. The summed E-state index contributed by atoms with van der Waals surface area (Å²) in [5.41, 5.74) is 1.26. The van der Waals surface area contributed by atoms with Gasteiger partial charge in [0.25, 0.3) is 0 Å². The number of hydrogen-bond donors (Lipinski definition) is 2. The average molecular weight is 165 g/mol. The highest BCUT2D eigenvalue weighted by atomic mass is 16.3. The Labute approximate surface area is 73.2 Å². The molecule has 0 spiro atoms. The van der Waals surface area contributed by atoms with Gasteiger partial charge in [-0.25, -0.2) is 0 Å². The predicted octanol–water partition coefficient (Wildman–Crippen LogP) is 1.33. The molecule has 2 N–H and O–H groups in total. The van der Waals surface area contributed by atoms with Crippen LogP contribution in [0.2, 0.25) is 0 Å². The molecule has 2 heteroatoms. The molecule has 1 aromatic carbocycles. The van der Waals surface area contributed by atoms with Gasteiger partial charge in [0.1, 0.15) is 0 Å². The topological polar surface area (TPSA) is 32.3 Å². The smallest absolute Gasteiger partial charge is 0.0556 e. The first-order chi connectivity index (χ1) is 5.84. The fourth-order valence-corrected chi connectivity index (χ4v) is 1.14. The Morgan fingerprint density at radius 1 is 1.33 bits per heavy atom. The minimum atomic E-state index is 0.192. The van der Waals surface area contributed by atoms with Crippen LogP contribution in [0, 0.1) is 0 Å². The van der Waals surface area contributed by atoms with E-state index in [1.165, 1.54) is 5.56 Å². The maximum Gasteiger partial charge on any atom is 0.0556 e. The molecule has 0 amide bonds. The van der Waals surface area contributed by atoms with Gasteiger partial charge in [0, 0.05) is 12.6 Å². The van der Waals surface area contributed by atoms with Crippen molar-refractivity contribution in [3.8, 4) is 0 Å². The standard InChI is InChI=1S/C10H15NO/c1-9(11-7-8-12)10-5-3-2-4-6-10/h2-6,9,11-12H,7-8H2,1H3/t9-/m1/s1. The van der Waals surface area contributed by atoms with Crippen molar-refractivity contribution in [3.63, 3.8) is 0 Å². The molecule has 12 heavy (non-hydrogen) atoms. The molecule has 66 valence electrons. The highest BCUT2D eigenvalue weighted by Gasteiger charge is 2.01. The van der Waals surface area contributed by atoms with Crippen molar-refractivity contribution < 1.29 is 5.11 Å². The first-order valence-corrected chi connectivity index (χ1v) is 4.24. The van der Waals surface area contributed by atoms with Crippen molar-refractivity contribution in [1.82, 2.24) is 5.32 Å². The van der Waals surface area contributed by atoms with E-state index in [4.69, 9.17) is 5.11 Å². The summed E-state index contributed by atoms with van der Waals surface area (Å²) < 4.78 is 0. The van der Waals surface area contributed by atoms with Crippen LogP contribution < -0.4 is 5.32 Å². The second-order valence-corrected chi connectivity index (χ2v) is 2.81. The first kappa shape index (κ1) is 9.23. The van der Waals surface area contributed by atoms with E-state index in [0.717, 1.165) is 0 Å². The lowest BCUT2D eigenvalue weighted by molar-refractivity contribution is 0.286. The van der Waals surface area contributed by atoms with Gasteiger partial charge < -0.3 is 10.4 Å². The van der Waals surface area contributed by atoms with E-state index in [1.54, 1.807) is 0 Å². The van der Waals surface area contributed by atoms with Crippen molar-refractivity contribution in [2.45, 2.75) is 13.0 Å². The molecule has 1 aromatic rings. The fraction of sp³-hybridized carbons (Fsp3) is 0.400. The quantitative estimate of drug-likeness (QED) is 0.705. The van der Waals surface area contributed by atoms with E-state index in [-0.39, 0.29) is 6.61 Å². The Morgan fingerprint density at radius 2 is 2.00 bits per heavy atom. The molecule has 0 radical (unpaired) electrons. The lowest BCUT2D eigenvalue weighted by atomic mass is 10.1. The molecule has 0 saturated carbocycles. The minimum Gasteiger partial charge on any atom is -0.395 e. The molecule has 0 aliphatic heterocycles. The van der Waals surface area contributed by atoms with Crippen LogP contribution in [0.25, 0.3) is 0 Å². The van der Waals surface area contributed by atoms with E-state index in [1.807, 2.05) is 18.2 Å². The maximum absolute atomic E-state index is 8.60. The molecule has 1 rings (SSSR count).